The molecule has 0 bridgehead atoms. The summed E-state index contributed by atoms with van der Waals surface area (Å²) in [4.78, 5) is 12.9. The Morgan fingerprint density at radius 1 is 1.17 bits per heavy atom. The average Bonchev–Trinajstić information content (AvgIpc) is 2.97. The van der Waals surface area contributed by atoms with Crippen molar-refractivity contribution in [3.05, 3.63) is 51.8 Å². The Bertz CT molecular complexity index is 975. The van der Waals surface area contributed by atoms with Gasteiger partial charge in [0.2, 0.25) is 10.0 Å². The lowest BCUT2D eigenvalue weighted by Crippen LogP contribution is -2.47. The molecule has 1 amide bonds. The summed E-state index contributed by atoms with van der Waals surface area (Å²) in [5.41, 5.74) is 3.56. The normalized spacial score (nSPS) is 16.1. The van der Waals surface area contributed by atoms with Gasteiger partial charge in [0.05, 0.1) is 11.3 Å². The maximum Gasteiger partial charge on any atom is 0.253 e. The number of sulfonamides is 1. The van der Waals surface area contributed by atoms with Gasteiger partial charge in [-0.1, -0.05) is 22.9 Å². The van der Waals surface area contributed by atoms with Gasteiger partial charge in [0, 0.05) is 40.7 Å². The summed E-state index contributed by atoms with van der Waals surface area (Å²) in [6.07, 6.45) is 1.90. The molecule has 0 atom stereocenters. The van der Waals surface area contributed by atoms with Crippen LogP contribution in [0, 0.1) is 13.8 Å². The van der Waals surface area contributed by atoms with Gasteiger partial charge in [-0.05, 0) is 63.4 Å². The average molecular weight is 482 g/mol. The topological polar surface area (TPSA) is 71.4 Å². The van der Waals surface area contributed by atoms with Crippen LogP contribution in [0.25, 0.3) is 5.69 Å². The first-order valence-corrected chi connectivity index (χ1v) is 12.4. The van der Waals surface area contributed by atoms with Crippen molar-refractivity contribution in [3.63, 3.8) is 0 Å². The molecule has 0 saturated carbocycles. The maximum atomic E-state index is 12.9. The molecule has 1 aliphatic heterocycles. The summed E-state index contributed by atoms with van der Waals surface area (Å²) in [6.45, 7) is 6.73. The number of aromatic nitrogens is 1. The zero-order chi connectivity index (χ0) is 21.2. The molecule has 158 valence electrons. The molecule has 0 spiro atoms. The number of hydrogen-bond donors (Lipinski definition) is 1. The number of halogens is 1. The Morgan fingerprint density at radius 2 is 1.79 bits per heavy atom. The van der Waals surface area contributed by atoms with Crippen LogP contribution in [-0.4, -0.2) is 48.1 Å². The number of amides is 1. The number of piperidine rings is 1. The van der Waals surface area contributed by atoms with Crippen molar-refractivity contribution >= 4 is 31.9 Å². The summed E-state index contributed by atoms with van der Waals surface area (Å²) >= 11 is 3.45. The van der Waals surface area contributed by atoms with Gasteiger partial charge >= 0.3 is 0 Å². The molecule has 0 unspecified atom stereocenters. The number of carbonyl (C=O) groups is 1. The van der Waals surface area contributed by atoms with Gasteiger partial charge in [-0.3, -0.25) is 4.79 Å². The molecular formula is C21H28BrN3O3S. The van der Waals surface area contributed by atoms with Crippen molar-refractivity contribution in [1.82, 2.24) is 14.2 Å². The van der Waals surface area contributed by atoms with Gasteiger partial charge in [-0.25, -0.2) is 12.7 Å². The van der Waals surface area contributed by atoms with Crippen molar-refractivity contribution in [1.29, 1.82) is 0 Å². The van der Waals surface area contributed by atoms with E-state index in [1.165, 1.54) is 0 Å². The van der Waals surface area contributed by atoms with Gasteiger partial charge in [-0.15, -0.1) is 0 Å². The number of benzene rings is 1. The molecule has 1 N–H and O–H groups in total. The highest BCUT2D eigenvalue weighted by Crippen LogP contribution is 2.23. The first kappa shape index (κ1) is 22.1. The van der Waals surface area contributed by atoms with Crippen LogP contribution in [0.2, 0.25) is 0 Å². The fourth-order valence-corrected chi connectivity index (χ4v) is 5.71. The molecule has 2 aromatic rings. The SMILES string of the molecule is CCCS(=O)(=O)N1CCC(NC(=O)c2cc(C)n(-c3ccc(Br)cc3)c2C)CC1. The van der Waals surface area contributed by atoms with Crippen LogP contribution in [0.5, 0.6) is 0 Å². The Labute approximate surface area is 181 Å². The fraction of sp³-hybridized carbons (Fsp3) is 0.476. The van der Waals surface area contributed by atoms with Crippen molar-refractivity contribution in [2.24, 2.45) is 0 Å². The highest BCUT2D eigenvalue weighted by molar-refractivity contribution is 9.10. The predicted octanol–water partition coefficient (Wildman–Crippen LogP) is 3.79. The highest BCUT2D eigenvalue weighted by atomic mass is 79.9. The van der Waals surface area contributed by atoms with Crippen LogP contribution in [0.4, 0.5) is 0 Å². The number of aryl methyl sites for hydroxylation is 1. The van der Waals surface area contributed by atoms with Crippen LogP contribution in [0.1, 0.15) is 47.9 Å². The maximum absolute atomic E-state index is 12.9. The number of nitrogens with zero attached hydrogens (tertiary/aromatic N) is 2. The molecule has 2 heterocycles. The van der Waals surface area contributed by atoms with E-state index in [1.807, 2.05) is 51.1 Å². The molecule has 0 aliphatic carbocycles. The van der Waals surface area contributed by atoms with Gasteiger partial charge in [0.1, 0.15) is 0 Å². The molecule has 1 aliphatic rings. The number of rotatable bonds is 6. The van der Waals surface area contributed by atoms with Crippen LogP contribution in [-0.2, 0) is 10.0 Å². The minimum Gasteiger partial charge on any atom is -0.349 e. The van der Waals surface area contributed by atoms with Gasteiger partial charge in [0.15, 0.2) is 0 Å². The molecular weight excluding hydrogens is 454 g/mol. The lowest BCUT2D eigenvalue weighted by molar-refractivity contribution is 0.0923. The largest absolute Gasteiger partial charge is 0.349 e. The number of nitrogens with one attached hydrogen (secondary N) is 1. The number of carbonyl (C=O) groups excluding carboxylic acids is 1. The van der Waals surface area contributed by atoms with E-state index in [2.05, 4.69) is 25.8 Å². The van der Waals surface area contributed by atoms with E-state index in [4.69, 9.17) is 0 Å². The van der Waals surface area contributed by atoms with E-state index in [0.29, 0.717) is 37.9 Å². The zero-order valence-electron chi connectivity index (χ0n) is 17.1. The van der Waals surface area contributed by atoms with Crippen molar-refractivity contribution in [2.75, 3.05) is 18.8 Å². The lowest BCUT2D eigenvalue weighted by Gasteiger charge is -2.31. The summed E-state index contributed by atoms with van der Waals surface area (Å²) in [7, 11) is -3.17. The van der Waals surface area contributed by atoms with Crippen molar-refractivity contribution in [3.8, 4) is 5.69 Å². The molecule has 0 radical (unpaired) electrons. The minimum absolute atomic E-state index is 0.00804. The van der Waals surface area contributed by atoms with Gasteiger partial charge in [0.25, 0.3) is 5.91 Å². The standard InChI is InChI=1S/C21H28BrN3O3S/c1-4-13-29(27,28)24-11-9-18(10-12-24)23-21(26)20-14-15(2)25(16(20)3)19-7-5-17(22)6-8-19/h5-8,14,18H,4,9-13H2,1-3H3,(H,23,26). The third-order valence-corrected chi connectivity index (χ3v) is 8.01. The summed E-state index contributed by atoms with van der Waals surface area (Å²) in [5.74, 6) is 0.0860. The Hall–Kier alpha value is -1.64. The second-order valence-electron chi connectivity index (χ2n) is 7.56. The van der Waals surface area contributed by atoms with Crippen molar-refractivity contribution < 1.29 is 13.2 Å². The van der Waals surface area contributed by atoms with Gasteiger partial charge < -0.3 is 9.88 Å². The van der Waals surface area contributed by atoms with E-state index in [9.17, 15) is 13.2 Å². The summed E-state index contributed by atoms with van der Waals surface area (Å²) in [6, 6.07) is 9.89. The van der Waals surface area contributed by atoms with Crippen LogP contribution in [0.15, 0.2) is 34.8 Å². The first-order chi connectivity index (χ1) is 13.7. The molecule has 1 fully saturated rings. The van der Waals surface area contributed by atoms with E-state index in [1.54, 1.807) is 4.31 Å². The number of hydrogen-bond acceptors (Lipinski definition) is 3. The second-order valence-corrected chi connectivity index (χ2v) is 10.6. The minimum atomic E-state index is -3.17. The molecule has 6 nitrogen and oxygen atoms in total. The summed E-state index contributed by atoms with van der Waals surface area (Å²) in [5, 5.41) is 3.10. The predicted molar refractivity (Wildman–Crippen MR) is 119 cm³/mol. The first-order valence-electron chi connectivity index (χ1n) is 9.96. The van der Waals surface area contributed by atoms with E-state index < -0.39 is 10.0 Å². The summed E-state index contributed by atoms with van der Waals surface area (Å²) < 4.78 is 29.1. The quantitative estimate of drug-likeness (QED) is 0.681. The highest BCUT2D eigenvalue weighted by Gasteiger charge is 2.28. The monoisotopic (exact) mass is 481 g/mol. The second kappa shape index (κ2) is 9.02. The van der Waals surface area contributed by atoms with Gasteiger partial charge in [-0.2, -0.15) is 0 Å². The Morgan fingerprint density at radius 3 is 2.38 bits per heavy atom. The zero-order valence-corrected chi connectivity index (χ0v) is 19.5. The molecule has 1 aromatic carbocycles. The van der Waals surface area contributed by atoms with E-state index in [-0.39, 0.29) is 17.7 Å². The smallest absolute Gasteiger partial charge is 0.253 e. The molecule has 29 heavy (non-hydrogen) atoms. The van der Waals surface area contributed by atoms with Crippen LogP contribution in [0.3, 0.4) is 0 Å². The third kappa shape index (κ3) is 4.92. The fourth-order valence-electron chi connectivity index (χ4n) is 3.91. The van der Waals surface area contributed by atoms with Crippen LogP contribution < -0.4 is 5.32 Å². The van der Waals surface area contributed by atoms with Crippen molar-refractivity contribution in [2.45, 2.75) is 46.1 Å². The lowest BCUT2D eigenvalue weighted by atomic mass is 10.1. The molecule has 1 aromatic heterocycles. The van der Waals surface area contributed by atoms with Crippen LogP contribution >= 0.6 is 15.9 Å². The Kier molecular flexibility index (Phi) is 6.86. The third-order valence-electron chi connectivity index (χ3n) is 5.41. The molecule has 3 rings (SSSR count). The van der Waals surface area contributed by atoms with E-state index >= 15 is 0 Å². The Balaban J connectivity index is 1.68. The molecule has 1 saturated heterocycles. The molecule has 8 heteroatoms. The van der Waals surface area contributed by atoms with E-state index in [0.717, 1.165) is 21.5 Å².